The molecule has 0 aliphatic carbocycles. The van der Waals surface area contributed by atoms with Gasteiger partial charge in [-0.05, 0) is 60.9 Å². The summed E-state index contributed by atoms with van der Waals surface area (Å²) in [7, 11) is 6.12. The molecule has 2 heterocycles. The summed E-state index contributed by atoms with van der Waals surface area (Å²) in [5.41, 5.74) is 8.69. The van der Waals surface area contributed by atoms with Gasteiger partial charge >= 0.3 is 0 Å². The SMILES string of the molecule is C=C(c1ccccc1NC)N1CCC(CC2=NC=C(c3ccc(N(C)C)cc3)CC2)C1. The van der Waals surface area contributed by atoms with Crippen molar-refractivity contribution in [3.05, 3.63) is 72.4 Å². The van der Waals surface area contributed by atoms with Gasteiger partial charge < -0.3 is 15.1 Å². The summed E-state index contributed by atoms with van der Waals surface area (Å²) in [6, 6.07) is 17.2. The molecule has 0 spiro atoms. The fraction of sp³-hybridized carbons (Fsp3) is 0.370. The van der Waals surface area contributed by atoms with E-state index in [1.807, 2.05) is 7.05 Å². The zero-order chi connectivity index (χ0) is 21.8. The van der Waals surface area contributed by atoms with Crippen molar-refractivity contribution in [3.63, 3.8) is 0 Å². The molecule has 2 aromatic rings. The number of anilines is 2. The molecule has 1 saturated heterocycles. The van der Waals surface area contributed by atoms with E-state index in [-0.39, 0.29) is 0 Å². The van der Waals surface area contributed by atoms with E-state index < -0.39 is 0 Å². The molecule has 1 fully saturated rings. The standard InChI is InChI=1S/C27H34N4/c1-20(26-7-5-6-8-27(26)28-2)31-16-15-21(19-31)17-24-12-9-23(18-29-24)22-10-13-25(14-11-22)30(3)4/h5-8,10-11,13-14,18,21,28H,1,9,12,15-17,19H2,2-4H3. The van der Waals surface area contributed by atoms with Gasteiger partial charge in [0.25, 0.3) is 0 Å². The Morgan fingerprint density at radius 1 is 1.13 bits per heavy atom. The van der Waals surface area contributed by atoms with Gasteiger partial charge in [-0.2, -0.15) is 0 Å². The fourth-order valence-electron chi connectivity index (χ4n) is 4.63. The van der Waals surface area contributed by atoms with E-state index >= 15 is 0 Å². The van der Waals surface area contributed by atoms with E-state index in [0.29, 0.717) is 5.92 Å². The molecule has 4 nitrogen and oxygen atoms in total. The van der Waals surface area contributed by atoms with Crippen LogP contribution in [0, 0.1) is 5.92 Å². The smallest absolute Gasteiger partial charge is 0.0431 e. The van der Waals surface area contributed by atoms with Crippen molar-refractivity contribution in [1.82, 2.24) is 4.90 Å². The van der Waals surface area contributed by atoms with Crippen LogP contribution < -0.4 is 10.2 Å². The van der Waals surface area contributed by atoms with E-state index in [9.17, 15) is 0 Å². The first-order chi connectivity index (χ1) is 15.0. The summed E-state index contributed by atoms with van der Waals surface area (Å²) in [6.45, 7) is 6.55. The average Bonchev–Trinajstić information content (AvgIpc) is 3.27. The number of aliphatic imine (C=N–C) groups is 1. The molecule has 0 amide bonds. The highest BCUT2D eigenvalue weighted by molar-refractivity contribution is 5.89. The molecule has 4 heteroatoms. The van der Waals surface area contributed by atoms with Crippen LogP contribution in [0.25, 0.3) is 11.3 Å². The highest BCUT2D eigenvalue weighted by atomic mass is 15.2. The predicted molar refractivity (Wildman–Crippen MR) is 135 cm³/mol. The third kappa shape index (κ3) is 4.84. The maximum Gasteiger partial charge on any atom is 0.0431 e. The monoisotopic (exact) mass is 414 g/mol. The molecular formula is C27H34N4. The number of allylic oxidation sites excluding steroid dienone is 1. The molecule has 0 aromatic heterocycles. The molecule has 2 aliphatic rings. The molecule has 0 radical (unpaired) electrons. The van der Waals surface area contributed by atoms with Gasteiger partial charge in [0, 0.05) is 68.8 Å². The van der Waals surface area contributed by atoms with Crippen LogP contribution in [0.1, 0.15) is 36.8 Å². The van der Waals surface area contributed by atoms with Gasteiger partial charge in [-0.3, -0.25) is 4.99 Å². The van der Waals surface area contributed by atoms with Gasteiger partial charge in [0.15, 0.2) is 0 Å². The normalized spacial score (nSPS) is 18.4. The lowest BCUT2D eigenvalue weighted by molar-refractivity contribution is 0.464. The number of hydrogen-bond acceptors (Lipinski definition) is 4. The fourth-order valence-corrected chi connectivity index (χ4v) is 4.63. The number of nitrogens with zero attached hydrogens (tertiary/aromatic N) is 3. The van der Waals surface area contributed by atoms with Gasteiger partial charge in [-0.25, -0.2) is 0 Å². The van der Waals surface area contributed by atoms with Crippen LogP contribution in [-0.4, -0.2) is 44.8 Å². The lowest BCUT2D eigenvalue weighted by atomic mass is 9.93. The first-order valence-electron chi connectivity index (χ1n) is 11.3. The second-order valence-electron chi connectivity index (χ2n) is 8.84. The van der Waals surface area contributed by atoms with Crippen LogP contribution in [0.3, 0.4) is 0 Å². The van der Waals surface area contributed by atoms with E-state index in [1.54, 1.807) is 0 Å². The van der Waals surface area contributed by atoms with Crippen LogP contribution in [0.15, 0.2) is 66.3 Å². The van der Waals surface area contributed by atoms with Gasteiger partial charge in [0.05, 0.1) is 0 Å². The second kappa shape index (κ2) is 9.42. The zero-order valence-electron chi connectivity index (χ0n) is 19.1. The highest BCUT2D eigenvalue weighted by Gasteiger charge is 2.26. The van der Waals surface area contributed by atoms with Crippen LogP contribution in [0.5, 0.6) is 0 Å². The minimum Gasteiger partial charge on any atom is -0.388 e. The number of rotatable bonds is 7. The van der Waals surface area contributed by atoms with Crippen LogP contribution in [-0.2, 0) is 0 Å². The third-order valence-electron chi connectivity index (χ3n) is 6.54. The molecule has 2 aromatic carbocycles. The van der Waals surface area contributed by atoms with Crippen molar-refractivity contribution in [2.24, 2.45) is 10.9 Å². The molecule has 0 bridgehead atoms. The van der Waals surface area contributed by atoms with Crippen molar-refractivity contribution in [1.29, 1.82) is 0 Å². The Hall–Kier alpha value is -3.01. The van der Waals surface area contributed by atoms with Gasteiger partial charge in [-0.15, -0.1) is 0 Å². The Morgan fingerprint density at radius 3 is 2.58 bits per heavy atom. The molecule has 1 N–H and O–H groups in total. The Bertz CT molecular complexity index is 985. The lowest BCUT2D eigenvalue weighted by Gasteiger charge is -2.23. The molecule has 31 heavy (non-hydrogen) atoms. The Kier molecular flexibility index (Phi) is 6.45. The van der Waals surface area contributed by atoms with Crippen molar-refractivity contribution >= 4 is 28.4 Å². The molecule has 2 aliphatic heterocycles. The van der Waals surface area contributed by atoms with Gasteiger partial charge in [-0.1, -0.05) is 36.9 Å². The zero-order valence-corrected chi connectivity index (χ0v) is 19.1. The average molecular weight is 415 g/mol. The van der Waals surface area contributed by atoms with Gasteiger partial charge in [0.2, 0.25) is 0 Å². The summed E-state index contributed by atoms with van der Waals surface area (Å²) in [4.78, 5) is 9.43. The Morgan fingerprint density at radius 2 is 1.90 bits per heavy atom. The number of hydrogen-bond donors (Lipinski definition) is 1. The molecule has 162 valence electrons. The van der Waals surface area contributed by atoms with Crippen molar-refractivity contribution in [2.45, 2.75) is 25.7 Å². The number of benzene rings is 2. The van der Waals surface area contributed by atoms with Crippen molar-refractivity contribution < 1.29 is 0 Å². The van der Waals surface area contributed by atoms with E-state index in [0.717, 1.165) is 43.7 Å². The van der Waals surface area contributed by atoms with Crippen molar-refractivity contribution in [2.75, 3.05) is 44.4 Å². The van der Waals surface area contributed by atoms with Crippen LogP contribution in [0.4, 0.5) is 11.4 Å². The number of para-hydroxylation sites is 1. The predicted octanol–water partition coefficient (Wildman–Crippen LogP) is 5.75. The molecule has 4 rings (SSSR count). The minimum absolute atomic E-state index is 0.659. The summed E-state index contributed by atoms with van der Waals surface area (Å²) >= 11 is 0. The maximum atomic E-state index is 4.86. The summed E-state index contributed by atoms with van der Waals surface area (Å²) in [6.07, 6.45) is 6.56. The number of likely N-dealkylation sites (tertiary alicyclic amines) is 1. The second-order valence-corrected chi connectivity index (χ2v) is 8.84. The Labute approximate surface area is 187 Å². The van der Waals surface area contributed by atoms with E-state index in [4.69, 9.17) is 4.99 Å². The van der Waals surface area contributed by atoms with Crippen LogP contribution in [0.2, 0.25) is 0 Å². The summed E-state index contributed by atoms with van der Waals surface area (Å²) < 4.78 is 0. The Balaban J connectivity index is 1.36. The first kappa shape index (κ1) is 21.2. The van der Waals surface area contributed by atoms with E-state index in [1.165, 1.54) is 34.5 Å². The first-order valence-corrected chi connectivity index (χ1v) is 11.3. The van der Waals surface area contributed by atoms with E-state index in [2.05, 4.69) is 90.5 Å². The largest absolute Gasteiger partial charge is 0.388 e. The summed E-state index contributed by atoms with van der Waals surface area (Å²) in [5.74, 6) is 0.659. The van der Waals surface area contributed by atoms with Crippen molar-refractivity contribution in [3.8, 4) is 0 Å². The minimum atomic E-state index is 0.659. The van der Waals surface area contributed by atoms with Gasteiger partial charge in [0.1, 0.15) is 0 Å². The number of nitrogens with one attached hydrogen (secondary N) is 1. The lowest BCUT2D eigenvalue weighted by Crippen LogP contribution is -2.20. The summed E-state index contributed by atoms with van der Waals surface area (Å²) in [5, 5.41) is 3.29. The highest BCUT2D eigenvalue weighted by Crippen LogP contribution is 2.32. The topological polar surface area (TPSA) is 30.9 Å². The quantitative estimate of drug-likeness (QED) is 0.625. The van der Waals surface area contributed by atoms with Crippen LogP contribution >= 0.6 is 0 Å². The maximum absolute atomic E-state index is 4.86. The molecule has 1 unspecified atom stereocenters. The third-order valence-corrected chi connectivity index (χ3v) is 6.54. The molecule has 1 atom stereocenters. The molecular weight excluding hydrogens is 380 g/mol. The molecule has 0 saturated carbocycles.